The van der Waals surface area contributed by atoms with Crippen LogP contribution in [0, 0.1) is 0 Å². The van der Waals surface area contributed by atoms with E-state index in [9.17, 15) is 4.79 Å². The maximum absolute atomic E-state index is 12.2. The van der Waals surface area contributed by atoms with Crippen LogP contribution in [0.4, 0.5) is 5.82 Å². The predicted octanol–water partition coefficient (Wildman–Crippen LogP) is 0.214. The molecule has 0 radical (unpaired) electrons. The monoisotopic (exact) mass is 332 g/mol. The largest absolute Gasteiger partial charge is 0.394 e. The van der Waals surface area contributed by atoms with Gasteiger partial charge in [-0.15, -0.1) is 0 Å². The fourth-order valence-corrected chi connectivity index (χ4v) is 3.09. The van der Waals surface area contributed by atoms with E-state index >= 15 is 0 Å². The van der Waals surface area contributed by atoms with Crippen molar-refractivity contribution >= 4 is 11.5 Å². The Morgan fingerprint density at radius 3 is 3.00 bits per heavy atom. The number of hydrogen-bond donors (Lipinski definition) is 1. The molecule has 3 rings (SSSR count). The maximum atomic E-state index is 12.2. The molecule has 1 saturated heterocycles. The van der Waals surface area contributed by atoms with Crippen LogP contribution in [-0.4, -0.2) is 71.4 Å². The molecule has 0 saturated carbocycles. The zero-order valence-corrected chi connectivity index (χ0v) is 14.0. The van der Waals surface area contributed by atoms with Gasteiger partial charge in [-0.3, -0.25) is 14.1 Å². The van der Waals surface area contributed by atoms with Crippen molar-refractivity contribution in [1.29, 1.82) is 0 Å². The summed E-state index contributed by atoms with van der Waals surface area (Å²) in [5, 5.41) is 8.73. The van der Waals surface area contributed by atoms with Crippen LogP contribution in [0.1, 0.15) is 6.92 Å². The lowest BCUT2D eigenvalue weighted by molar-refractivity contribution is 0.0623. The number of rotatable bonds is 6. The number of pyridine rings is 1. The van der Waals surface area contributed by atoms with Gasteiger partial charge in [0.2, 0.25) is 0 Å². The molecule has 0 aliphatic carbocycles. The molecule has 1 N–H and O–H groups in total. The second kappa shape index (κ2) is 7.74. The van der Waals surface area contributed by atoms with Gasteiger partial charge in [-0.25, -0.2) is 4.98 Å². The van der Waals surface area contributed by atoms with Gasteiger partial charge in [-0.05, 0) is 19.1 Å². The summed E-state index contributed by atoms with van der Waals surface area (Å²) < 4.78 is 6.90. The van der Waals surface area contributed by atoms with Crippen molar-refractivity contribution < 1.29 is 9.84 Å². The van der Waals surface area contributed by atoms with Crippen LogP contribution in [-0.2, 0) is 4.74 Å². The molecule has 7 nitrogen and oxygen atoms in total. The molecule has 1 fully saturated rings. The SMILES string of the molecule is C[C@H]1CN(c2cc(=O)n3ccccc3n2)CCN1CCOCCO. The molecule has 0 unspecified atom stereocenters. The number of aliphatic hydroxyl groups excluding tert-OH is 1. The van der Waals surface area contributed by atoms with Gasteiger partial charge in [0.1, 0.15) is 11.5 Å². The quantitative estimate of drug-likeness (QED) is 0.763. The molecule has 2 aromatic heterocycles. The Bertz CT molecular complexity index is 733. The van der Waals surface area contributed by atoms with Crippen LogP contribution < -0.4 is 10.5 Å². The number of piperazine rings is 1. The molecule has 1 aliphatic heterocycles. The summed E-state index contributed by atoms with van der Waals surface area (Å²) in [6.07, 6.45) is 1.74. The van der Waals surface area contributed by atoms with Gasteiger partial charge in [0.15, 0.2) is 0 Å². The van der Waals surface area contributed by atoms with Crippen molar-refractivity contribution in [1.82, 2.24) is 14.3 Å². The molecule has 24 heavy (non-hydrogen) atoms. The van der Waals surface area contributed by atoms with Crippen LogP contribution in [0.15, 0.2) is 35.3 Å². The molecule has 130 valence electrons. The maximum Gasteiger partial charge on any atom is 0.259 e. The number of anilines is 1. The van der Waals surface area contributed by atoms with Crippen molar-refractivity contribution in [3.63, 3.8) is 0 Å². The van der Waals surface area contributed by atoms with E-state index in [1.807, 2.05) is 18.2 Å². The van der Waals surface area contributed by atoms with E-state index in [-0.39, 0.29) is 12.2 Å². The molecule has 2 aromatic rings. The van der Waals surface area contributed by atoms with Gasteiger partial charge < -0.3 is 14.7 Å². The van der Waals surface area contributed by atoms with E-state index in [1.54, 1.807) is 16.7 Å². The smallest absolute Gasteiger partial charge is 0.259 e. The highest BCUT2D eigenvalue weighted by molar-refractivity contribution is 5.48. The highest BCUT2D eigenvalue weighted by atomic mass is 16.5. The van der Waals surface area contributed by atoms with Gasteiger partial charge in [0, 0.05) is 44.5 Å². The Kier molecular flexibility index (Phi) is 5.44. The molecule has 0 amide bonds. The van der Waals surface area contributed by atoms with E-state index in [2.05, 4.69) is 21.7 Å². The lowest BCUT2D eigenvalue weighted by Crippen LogP contribution is -2.53. The molecular weight excluding hydrogens is 308 g/mol. The molecule has 3 heterocycles. The minimum Gasteiger partial charge on any atom is -0.394 e. The van der Waals surface area contributed by atoms with Crippen LogP contribution in [0.2, 0.25) is 0 Å². The standard InChI is InChI=1S/C17H24N4O3/c1-14-13-20(7-6-19(14)8-10-24-11-9-22)16-12-17(23)21-5-3-2-4-15(21)18-16/h2-5,12,14,22H,6-11,13H2,1H3/t14-/m0/s1. The molecule has 0 spiro atoms. The Labute approximate surface area is 141 Å². The van der Waals surface area contributed by atoms with Crippen molar-refractivity contribution in [3.8, 4) is 0 Å². The molecule has 0 aromatic carbocycles. The Balaban J connectivity index is 1.66. The first kappa shape index (κ1) is 16.9. The summed E-state index contributed by atoms with van der Waals surface area (Å²) >= 11 is 0. The Hall–Kier alpha value is -1.96. The third-order valence-electron chi connectivity index (χ3n) is 4.41. The minimum absolute atomic E-state index is 0.0527. The minimum atomic E-state index is -0.0527. The average Bonchev–Trinajstić information content (AvgIpc) is 2.60. The number of nitrogens with zero attached hydrogens (tertiary/aromatic N) is 4. The number of aliphatic hydroxyl groups is 1. The molecule has 1 atom stereocenters. The van der Waals surface area contributed by atoms with Crippen LogP contribution >= 0.6 is 0 Å². The summed E-state index contributed by atoms with van der Waals surface area (Å²) in [6, 6.07) is 7.53. The van der Waals surface area contributed by atoms with E-state index < -0.39 is 0 Å². The summed E-state index contributed by atoms with van der Waals surface area (Å²) in [5.41, 5.74) is 0.621. The fraction of sp³-hybridized carbons (Fsp3) is 0.529. The van der Waals surface area contributed by atoms with E-state index in [4.69, 9.17) is 9.84 Å². The number of ether oxygens (including phenoxy) is 1. The number of aromatic nitrogens is 2. The van der Waals surface area contributed by atoms with E-state index in [1.165, 1.54) is 0 Å². The molecule has 7 heteroatoms. The number of fused-ring (bicyclic) bond motifs is 1. The zero-order valence-electron chi connectivity index (χ0n) is 14.0. The second-order valence-corrected chi connectivity index (χ2v) is 6.05. The van der Waals surface area contributed by atoms with E-state index in [0.29, 0.717) is 24.9 Å². The Morgan fingerprint density at radius 2 is 2.21 bits per heavy atom. The van der Waals surface area contributed by atoms with Crippen molar-refractivity contribution in [3.05, 3.63) is 40.8 Å². The third-order valence-corrected chi connectivity index (χ3v) is 4.41. The van der Waals surface area contributed by atoms with Gasteiger partial charge >= 0.3 is 0 Å². The van der Waals surface area contributed by atoms with Crippen molar-refractivity contribution in [2.45, 2.75) is 13.0 Å². The van der Waals surface area contributed by atoms with Crippen molar-refractivity contribution in [2.75, 3.05) is 50.9 Å². The van der Waals surface area contributed by atoms with Gasteiger partial charge in [0.05, 0.1) is 19.8 Å². The Morgan fingerprint density at radius 1 is 1.33 bits per heavy atom. The first-order valence-electron chi connectivity index (χ1n) is 8.35. The highest BCUT2D eigenvalue weighted by Crippen LogP contribution is 2.16. The first-order chi connectivity index (χ1) is 11.7. The van der Waals surface area contributed by atoms with Gasteiger partial charge in [0.25, 0.3) is 5.56 Å². The van der Waals surface area contributed by atoms with Crippen LogP contribution in [0.25, 0.3) is 5.65 Å². The van der Waals surface area contributed by atoms with Gasteiger partial charge in [-0.2, -0.15) is 0 Å². The highest BCUT2D eigenvalue weighted by Gasteiger charge is 2.24. The lowest BCUT2D eigenvalue weighted by atomic mass is 10.2. The normalized spacial score (nSPS) is 19.1. The van der Waals surface area contributed by atoms with Crippen LogP contribution in [0.5, 0.6) is 0 Å². The molecule has 1 aliphatic rings. The van der Waals surface area contributed by atoms with Crippen LogP contribution in [0.3, 0.4) is 0 Å². The van der Waals surface area contributed by atoms with E-state index in [0.717, 1.165) is 32.0 Å². The topological polar surface area (TPSA) is 70.3 Å². The summed E-state index contributed by atoms with van der Waals surface area (Å²) in [6.45, 7) is 6.66. The molecule has 0 bridgehead atoms. The summed E-state index contributed by atoms with van der Waals surface area (Å²) in [5.74, 6) is 0.745. The average molecular weight is 332 g/mol. The summed E-state index contributed by atoms with van der Waals surface area (Å²) in [7, 11) is 0. The lowest BCUT2D eigenvalue weighted by Gasteiger charge is -2.40. The fourth-order valence-electron chi connectivity index (χ4n) is 3.09. The predicted molar refractivity (Wildman–Crippen MR) is 92.6 cm³/mol. The van der Waals surface area contributed by atoms with Gasteiger partial charge in [-0.1, -0.05) is 6.07 Å². The number of hydrogen-bond acceptors (Lipinski definition) is 6. The summed E-state index contributed by atoms with van der Waals surface area (Å²) in [4.78, 5) is 21.4. The van der Waals surface area contributed by atoms with Crippen molar-refractivity contribution in [2.24, 2.45) is 0 Å². The zero-order chi connectivity index (χ0) is 16.9. The third kappa shape index (κ3) is 3.75. The first-order valence-corrected chi connectivity index (χ1v) is 8.35. The second-order valence-electron chi connectivity index (χ2n) is 6.05. The molecular formula is C17H24N4O3.